The van der Waals surface area contributed by atoms with Gasteiger partial charge in [0.2, 0.25) is 0 Å². The summed E-state index contributed by atoms with van der Waals surface area (Å²) in [5.74, 6) is -3.14. The van der Waals surface area contributed by atoms with Crippen LogP contribution in [0.3, 0.4) is 0 Å². The lowest BCUT2D eigenvalue weighted by molar-refractivity contribution is 0.447. The van der Waals surface area contributed by atoms with Crippen molar-refractivity contribution >= 4 is 0 Å². The molecular weight excluding hydrogens is 231 g/mol. The number of benzene rings is 1. The van der Waals surface area contributed by atoms with Crippen LogP contribution in [0, 0.1) is 17.5 Å². The molecule has 0 aliphatic rings. The summed E-state index contributed by atoms with van der Waals surface area (Å²) in [6, 6.07) is 1.73. The average molecular weight is 241 g/mol. The second-order valence-electron chi connectivity index (χ2n) is 3.95. The Kier molecular flexibility index (Phi) is 2.87. The number of aromatic nitrogens is 3. The highest BCUT2D eigenvalue weighted by Gasteiger charge is 2.15. The second-order valence-corrected chi connectivity index (χ2v) is 3.95. The van der Waals surface area contributed by atoms with E-state index in [4.69, 9.17) is 0 Å². The molecule has 6 heteroatoms. The molecule has 1 heterocycles. The predicted molar refractivity (Wildman–Crippen MR) is 55.8 cm³/mol. The Balaban J connectivity index is 2.46. The first kappa shape index (κ1) is 11.6. The minimum Gasteiger partial charge on any atom is -0.262 e. The van der Waals surface area contributed by atoms with Gasteiger partial charge in [0.25, 0.3) is 0 Å². The van der Waals surface area contributed by atoms with Gasteiger partial charge in [-0.3, -0.25) is 5.10 Å². The molecule has 0 unspecified atom stereocenters. The molecule has 2 rings (SSSR count). The van der Waals surface area contributed by atoms with Crippen molar-refractivity contribution in [2.75, 3.05) is 0 Å². The molecule has 2 aromatic rings. The number of hydrogen-bond acceptors (Lipinski definition) is 2. The van der Waals surface area contributed by atoms with Crippen LogP contribution in [0.25, 0.3) is 11.4 Å². The lowest BCUT2D eigenvalue weighted by Gasteiger charge is -1.99. The first-order valence-corrected chi connectivity index (χ1v) is 5.06. The molecule has 0 aliphatic heterocycles. The van der Waals surface area contributed by atoms with Gasteiger partial charge in [0.05, 0.1) is 0 Å². The van der Waals surface area contributed by atoms with Gasteiger partial charge in [0, 0.05) is 11.5 Å². The number of nitrogens with one attached hydrogen (secondary N) is 1. The van der Waals surface area contributed by atoms with Gasteiger partial charge in [-0.2, -0.15) is 5.10 Å². The molecule has 0 saturated heterocycles. The standard InChI is InChI=1S/C11H10F3N3/c1-5(2)10-15-11(17-16-10)6-3-7(12)9(14)8(13)4-6/h3-5H,1-2H3,(H,15,16,17). The summed E-state index contributed by atoms with van der Waals surface area (Å²) in [6.45, 7) is 3.80. The van der Waals surface area contributed by atoms with Crippen LogP contribution >= 0.6 is 0 Å². The van der Waals surface area contributed by atoms with Gasteiger partial charge in [0.15, 0.2) is 23.3 Å². The summed E-state index contributed by atoms with van der Waals surface area (Å²) in [5.41, 5.74) is 0.101. The molecule has 90 valence electrons. The zero-order chi connectivity index (χ0) is 12.6. The summed E-state index contributed by atoms with van der Waals surface area (Å²) in [4.78, 5) is 4.07. The van der Waals surface area contributed by atoms with Gasteiger partial charge in [-0.15, -0.1) is 0 Å². The number of H-pyrrole nitrogens is 1. The maximum absolute atomic E-state index is 13.0. The Bertz CT molecular complexity index is 526. The fraction of sp³-hybridized carbons (Fsp3) is 0.273. The van der Waals surface area contributed by atoms with E-state index in [9.17, 15) is 13.2 Å². The number of rotatable bonds is 2. The zero-order valence-electron chi connectivity index (χ0n) is 9.26. The maximum atomic E-state index is 13.0. The quantitative estimate of drug-likeness (QED) is 0.821. The molecule has 0 spiro atoms. The van der Waals surface area contributed by atoms with Gasteiger partial charge >= 0.3 is 0 Å². The highest BCUT2D eigenvalue weighted by Crippen LogP contribution is 2.21. The molecule has 1 N–H and O–H groups in total. The van der Waals surface area contributed by atoms with Crippen molar-refractivity contribution in [3.8, 4) is 11.4 Å². The average Bonchev–Trinajstić information content (AvgIpc) is 2.74. The number of nitrogens with zero attached hydrogens (tertiary/aromatic N) is 2. The van der Waals surface area contributed by atoms with E-state index in [-0.39, 0.29) is 17.3 Å². The molecule has 0 bridgehead atoms. The van der Waals surface area contributed by atoms with Gasteiger partial charge in [-0.25, -0.2) is 18.2 Å². The van der Waals surface area contributed by atoms with E-state index >= 15 is 0 Å². The van der Waals surface area contributed by atoms with Crippen LogP contribution in [0.4, 0.5) is 13.2 Å². The second kappa shape index (κ2) is 4.20. The normalized spacial score (nSPS) is 11.2. The van der Waals surface area contributed by atoms with Crippen LogP contribution in [-0.4, -0.2) is 15.2 Å². The summed E-state index contributed by atoms with van der Waals surface area (Å²) in [7, 11) is 0. The molecule has 0 radical (unpaired) electrons. The molecule has 3 nitrogen and oxygen atoms in total. The van der Waals surface area contributed by atoms with Gasteiger partial charge < -0.3 is 0 Å². The minimum absolute atomic E-state index is 0.101. The third-order valence-electron chi connectivity index (χ3n) is 2.29. The Morgan fingerprint density at radius 3 is 2.18 bits per heavy atom. The van der Waals surface area contributed by atoms with Crippen molar-refractivity contribution in [2.45, 2.75) is 19.8 Å². The highest BCUT2D eigenvalue weighted by molar-refractivity contribution is 5.54. The van der Waals surface area contributed by atoms with E-state index in [1.807, 2.05) is 13.8 Å². The highest BCUT2D eigenvalue weighted by atomic mass is 19.2. The SMILES string of the molecule is CC(C)c1nc(-c2cc(F)c(F)c(F)c2)n[nH]1. The van der Waals surface area contributed by atoms with Gasteiger partial charge in [-0.05, 0) is 12.1 Å². The van der Waals surface area contributed by atoms with Crippen molar-refractivity contribution in [3.05, 3.63) is 35.4 Å². The first-order chi connectivity index (χ1) is 7.99. The van der Waals surface area contributed by atoms with Crippen LogP contribution in [0.5, 0.6) is 0 Å². The fourth-order valence-corrected chi connectivity index (χ4v) is 1.35. The Morgan fingerprint density at radius 1 is 1.12 bits per heavy atom. The minimum atomic E-state index is -1.49. The summed E-state index contributed by atoms with van der Waals surface area (Å²) in [5, 5.41) is 6.49. The molecule has 0 saturated carbocycles. The van der Waals surface area contributed by atoms with E-state index in [1.54, 1.807) is 0 Å². The summed E-state index contributed by atoms with van der Waals surface area (Å²) >= 11 is 0. The van der Waals surface area contributed by atoms with Crippen molar-refractivity contribution < 1.29 is 13.2 Å². The van der Waals surface area contributed by atoms with Crippen LogP contribution < -0.4 is 0 Å². The maximum Gasteiger partial charge on any atom is 0.194 e. The number of hydrogen-bond donors (Lipinski definition) is 1. The Hall–Kier alpha value is -1.85. The van der Waals surface area contributed by atoms with Crippen molar-refractivity contribution in [1.82, 2.24) is 15.2 Å². The molecule has 0 fully saturated rings. The van der Waals surface area contributed by atoms with E-state index in [0.717, 1.165) is 12.1 Å². The third-order valence-corrected chi connectivity index (χ3v) is 2.29. The molecule has 0 atom stereocenters. The molecule has 1 aromatic heterocycles. The molecule has 1 aromatic carbocycles. The largest absolute Gasteiger partial charge is 0.262 e. The van der Waals surface area contributed by atoms with E-state index in [2.05, 4.69) is 15.2 Å². The molecule has 0 aliphatic carbocycles. The van der Waals surface area contributed by atoms with E-state index < -0.39 is 17.5 Å². The monoisotopic (exact) mass is 241 g/mol. The molecule has 17 heavy (non-hydrogen) atoms. The topological polar surface area (TPSA) is 41.6 Å². The lowest BCUT2D eigenvalue weighted by atomic mass is 10.2. The van der Waals surface area contributed by atoms with Crippen molar-refractivity contribution in [3.63, 3.8) is 0 Å². The van der Waals surface area contributed by atoms with Gasteiger partial charge in [-0.1, -0.05) is 13.8 Å². The van der Waals surface area contributed by atoms with Crippen molar-refractivity contribution in [1.29, 1.82) is 0 Å². The Labute approximate surface area is 95.7 Å². The molecule has 0 amide bonds. The smallest absolute Gasteiger partial charge is 0.194 e. The summed E-state index contributed by atoms with van der Waals surface area (Å²) < 4.78 is 38.8. The molecular formula is C11H10F3N3. The van der Waals surface area contributed by atoms with Gasteiger partial charge in [0.1, 0.15) is 5.82 Å². The summed E-state index contributed by atoms with van der Waals surface area (Å²) in [6.07, 6.45) is 0. The predicted octanol–water partition coefficient (Wildman–Crippen LogP) is 3.01. The third kappa shape index (κ3) is 2.15. The first-order valence-electron chi connectivity index (χ1n) is 5.06. The zero-order valence-corrected chi connectivity index (χ0v) is 9.26. The van der Waals surface area contributed by atoms with Crippen LogP contribution in [0.1, 0.15) is 25.6 Å². The van der Waals surface area contributed by atoms with Crippen LogP contribution in [0.2, 0.25) is 0 Å². The Morgan fingerprint density at radius 2 is 1.71 bits per heavy atom. The number of aromatic amines is 1. The van der Waals surface area contributed by atoms with Crippen LogP contribution in [-0.2, 0) is 0 Å². The van der Waals surface area contributed by atoms with E-state index in [0.29, 0.717) is 5.82 Å². The lowest BCUT2D eigenvalue weighted by Crippen LogP contribution is -1.93. The fourth-order valence-electron chi connectivity index (χ4n) is 1.35. The van der Waals surface area contributed by atoms with Crippen LogP contribution in [0.15, 0.2) is 12.1 Å². The van der Waals surface area contributed by atoms with Crippen molar-refractivity contribution in [2.24, 2.45) is 0 Å². The van der Waals surface area contributed by atoms with E-state index in [1.165, 1.54) is 0 Å². The number of halogens is 3.